The number of benzene rings is 1. The Balaban J connectivity index is 1.99. The van der Waals surface area contributed by atoms with Crippen molar-refractivity contribution in [2.45, 2.75) is 50.1 Å². The molecule has 3 heterocycles. The second kappa shape index (κ2) is 8.94. The topological polar surface area (TPSA) is 147 Å². The van der Waals surface area contributed by atoms with E-state index in [-0.39, 0.29) is 33.1 Å². The first-order valence-electron chi connectivity index (χ1n) is 11.2. The Bertz CT molecular complexity index is 1580. The molecule has 0 bridgehead atoms. The Hall–Kier alpha value is -3.93. The minimum atomic E-state index is -4.10. The zero-order chi connectivity index (χ0) is 26.4. The van der Waals surface area contributed by atoms with Crippen LogP contribution in [0.4, 0.5) is 4.79 Å². The molecule has 0 aliphatic rings. The number of aryl methyl sites for hydroxylation is 1. The number of ether oxygens (including phenoxy) is 1. The van der Waals surface area contributed by atoms with E-state index < -0.39 is 33.4 Å². The van der Waals surface area contributed by atoms with Gasteiger partial charge in [0.15, 0.2) is 5.03 Å². The number of nitrogens with zero attached hydrogens (tertiary/aromatic N) is 4. The highest BCUT2D eigenvalue weighted by Crippen LogP contribution is 2.32. The Labute approximate surface area is 207 Å². The molecular formula is C24H27N5O6S. The molecule has 190 valence electrons. The van der Waals surface area contributed by atoms with Crippen molar-refractivity contribution in [1.29, 1.82) is 0 Å². The fraction of sp³-hybridized carbons (Fsp3) is 0.333. The Kier molecular flexibility index (Phi) is 6.25. The lowest BCUT2D eigenvalue weighted by Gasteiger charge is -2.29. The summed E-state index contributed by atoms with van der Waals surface area (Å²) < 4.78 is 34.3. The van der Waals surface area contributed by atoms with Crippen molar-refractivity contribution < 1.29 is 27.9 Å². The number of pyridine rings is 1. The van der Waals surface area contributed by atoms with Crippen LogP contribution in [0.25, 0.3) is 22.1 Å². The summed E-state index contributed by atoms with van der Waals surface area (Å²) in [5, 5.41) is 10.8. The average molecular weight is 514 g/mol. The molecule has 0 saturated carbocycles. The largest absolute Gasteiger partial charge is 0.481 e. The van der Waals surface area contributed by atoms with Crippen LogP contribution >= 0.6 is 0 Å². The Morgan fingerprint density at radius 2 is 1.92 bits per heavy atom. The predicted octanol–water partition coefficient (Wildman–Crippen LogP) is 3.65. The van der Waals surface area contributed by atoms with Crippen LogP contribution in [0.1, 0.15) is 33.3 Å². The molecule has 36 heavy (non-hydrogen) atoms. The van der Waals surface area contributed by atoms with Crippen LogP contribution in [0, 0.1) is 12.8 Å². The fourth-order valence-electron chi connectivity index (χ4n) is 3.78. The van der Waals surface area contributed by atoms with E-state index in [2.05, 4.69) is 15.0 Å². The second-order valence-electron chi connectivity index (χ2n) is 9.51. The van der Waals surface area contributed by atoms with Gasteiger partial charge in [-0.25, -0.2) is 32.9 Å². The van der Waals surface area contributed by atoms with Gasteiger partial charge in [-0.3, -0.25) is 4.79 Å². The van der Waals surface area contributed by atoms with Gasteiger partial charge in [0.2, 0.25) is 9.84 Å². The SMILES string of the molecule is Cc1ccccc1S(=O)(=O)c1nc2[nH]ccc2c2c1ncn2N(CC(C)C(=O)O)C(=O)OC(C)(C)C. The number of imidazole rings is 1. The molecule has 1 amide bonds. The van der Waals surface area contributed by atoms with Gasteiger partial charge >= 0.3 is 12.1 Å². The molecule has 1 unspecified atom stereocenters. The number of hydrogen-bond acceptors (Lipinski definition) is 7. The summed E-state index contributed by atoms with van der Waals surface area (Å²) >= 11 is 0. The highest BCUT2D eigenvalue weighted by atomic mass is 32.2. The highest BCUT2D eigenvalue weighted by molar-refractivity contribution is 7.91. The van der Waals surface area contributed by atoms with Crippen LogP contribution in [0.15, 0.2) is 52.8 Å². The molecule has 0 aliphatic carbocycles. The quantitative estimate of drug-likeness (QED) is 0.397. The molecule has 0 saturated heterocycles. The van der Waals surface area contributed by atoms with Crippen molar-refractivity contribution in [2.75, 3.05) is 11.6 Å². The van der Waals surface area contributed by atoms with Crippen LogP contribution < -0.4 is 5.01 Å². The lowest BCUT2D eigenvalue weighted by Crippen LogP contribution is -2.46. The van der Waals surface area contributed by atoms with Crippen molar-refractivity contribution in [1.82, 2.24) is 19.6 Å². The maximum absolute atomic E-state index is 13.7. The molecule has 2 N–H and O–H groups in total. The molecule has 0 aliphatic heterocycles. The summed E-state index contributed by atoms with van der Waals surface area (Å²) in [4.78, 5) is 36.5. The number of carboxylic acid groups (broad SMARTS) is 1. The zero-order valence-corrected chi connectivity index (χ0v) is 21.3. The standard InChI is InChI=1S/C24H27N5O6S/c1-14-8-6-7-9-17(14)36(33,34)21-18-19(16-10-11-25-20(16)27-21)29(13-26-18)28(12-15(2)22(30)31)23(32)35-24(3,4)5/h6-11,13,15H,12H2,1-5H3,(H,25,27)(H,30,31). The highest BCUT2D eigenvalue weighted by Gasteiger charge is 2.32. The van der Waals surface area contributed by atoms with Gasteiger partial charge in [-0.2, -0.15) is 0 Å². The van der Waals surface area contributed by atoms with Gasteiger partial charge in [-0.05, 0) is 45.4 Å². The van der Waals surface area contributed by atoms with E-state index in [0.29, 0.717) is 10.9 Å². The van der Waals surface area contributed by atoms with Crippen molar-refractivity contribution in [3.05, 3.63) is 48.4 Å². The molecular weight excluding hydrogens is 486 g/mol. The van der Waals surface area contributed by atoms with E-state index in [4.69, 9.17) is 4.74 Å². The average Bonchev–Trinajstić information content (AvgIpc) is 3.42. The number of rotatable bonds is 6. The lowest BCUT2D eigenvalue weighted by molar-refractivity contribution is -0.140. The Morgan fingerprint density at radius 1 is 1.22 bits per heavy atom. The maximum atomic E-state index is 13.7. The molecule has 11 nitrogen and oxygen atoms in total. The van der Waals surface area contributed by atoms with Crippen molar-refractivity contribution in [3.8, 4) is 0 Å². The first kappa shape index (κ1) is 25.2. The number of hydrogen-bond donors (Lipinski definition) is 2. The fourth-order valence-corrected chi connectivity index (χ4v) is 5.35. The number of nitrogens with one attached hydrogen (secondary N) is 1. The van der Waals surface area contributed by atoms with Crippen LogP contribution in [0.2, 0.25) is 0 Å². The molecule has 12 heteroatoms. The predicted molar refractivity (Wildman–Crippen MR) is 132 cm³/mol. The van der Waals surface area contributed by atoms with Crippen LogP contribution in [-0.2, 0) is 19.4 Å². The number of carbonyl (C=O) groups is 2. The number of aliphatic carboxylic acids is 1. The number of H-pyrrole nitrogens is 1. The third kappa shape index (κ3) is 4.51. The number of aromatic amines is 1. The van der Waals surface area contributed by atoms with Gasteiger partial charge in [-0.1, -0.05) is 25.1 Å². The van der Waals surface area contributed by atoms with Crippen molar-refractivity contribution in [2.24, 2.45) is 5.92 Å². The van der Waals surface area contributed by atoms with Crippen molar-refractivity contribution >= 4 is 44.0 Å². The van der Waals surface area contributed by atoms with Crippen LogP contribution in [0.3, 0.4) is 0 Å². The summed E-state index contributed by atoms with van der Waals surface area (Å²) in [6.45, 7) is 7.97. The van der Waals surface area contributed by atoms with E-state index in [1.807, 2.05) is 0 Å². The summed E-state index contributed by atoms with van der Waals surface area (Å²) in [5.74, 6) is -2.06. The monoisotopic (exact) mass is 513 g/mol. The summed E-state index contributed by atoms with van der Waals surface area (Å²) in [6, 6.07) is 8.23. The van der Waals surface area contributed by atoms with Gasteiger partial charge in [0.05, 0.1) is 17.4 Å². The first-order valence-corrected chi connectivity index (χ1v) is 12.7. The third-order valence-electron chi connectivity index (χ3n) is 5.52. The number of aromatic nitrogens is 4. The number of fused-ring (bicyclic) bond motifs is 3. The summed E-state index contributed by atoms with van der Waals surface area (Å²) in [7, 11) is -4.10. The van der Waals surface area contributed by atoms with E-state index in [0.717, 1.165) is 5.01 Å². The molecule has 0 fully saturated rings. The molecule has 1 aromatic carbocycles. The summed E-state index contributed by atoms with van der Waals surface area (Å²) in [6.07, 6.45) is 2.06. The van der Waals surface area contributed by atoms with Gasteiger partial charge in [0.25, 0.3) is 0 Å². The van der Waals surface area contributed by atoms with Gasteiger partial charge in [0, 0.05) is 11.6 Å². The second-order valence-corrected chi connectivity index (χ2v) is 11.3. The van der Waals surface area contributed by atoms with Gasteiger partial charge < -0.3 is 14.8 Å². The third-order valence-corrected chi connectivity index (χ3v) is 7.35. The number of carboxylic acids is 1. The minimum Gasteiger partial charge on any atom is -0.481 e. The van der Waals surface area contributed by atoms with Crippen molar-refractivity contribution in [3.63, 3.8) is 0 Å². The molecule has 4 aromatic rings. The maximum Gasteiger partial charge on any atom is 0.429 e. The first-order chi connectivity index (χ1) is 16.8. The number of amides is 1. The number of carbonyl (C=O) groups excluding carboxylic acids is 1. The van der Waals surface area contributed by atoms with E-state index in [1.54, 1.807) is 58.2 Å². The van der Waals surface area contributed by atoms with Crippen LogP contribution in [-0.4, -0.2) is 57.4 Å². The van der Waals surface area contributed by atoms with Gasteiger partial charge in [-0.15, -0.1) is 0 Å². The summed E-state index contributed by atoms with van der Waals surface area (Å²) in [5.41, 5.74) is 0.275. The molecule has 0 radical (unpaired) electrons. The zero-order valence-electron chi connectivity index (χ0n) is 20.5. The van der Waals surface area contributed by atoms with Crippen LogP contribution in [0.5, 0.6) is 0 Å². The minimum absolute atomic E-state index is 0.0434. The molecule has 0 spiro atoms. The molecule has 3 aromatic heterocycles. The van der Waals surface area contributed by atoms with E-state index in [9.17, 15) is 23.1 Å². The Morgan fingerprint density at radius 3 is 2.56 bits per heavy atom. The molecule has 1 atom stereocenters. The normalized spacial score (nSPS) is 13.1. The van der Waals surface area contributed by atoms with Gasteiger partial charge in [0.1, 0.15) is 28.6 Å². The molecule has 4 rings (SSSR count). The van der Waals surface area contributed by atoms with E-state index in [1.165, 1.54) is 24.0 Å². The smallest absolute Gasteiger partial charge is 0.429 e. The van der Waals surface area contributed by atoms with E-state index >= 15 is 0 Å². The number of sulfone groups is 1. The lowest BCUT2D eigenvalue weighted by atomic mass is 10.2.